The van der Waals surface area contributed by atoms with Gasteiger partial charge in [0.2, 0.25) is 0 Å². The molecule has 114 valence electrons. The van der Waals surface area contributed by atoms with Crippen LogP contribution < -0.4 is 10.1 Å². The number of benzene rings is 1. The third-order valence-electron chi connectivity index (χ3n) is 2.97. The van der Waals surface area contributed by atoms with Crippen molar-refractivity contribution in [3.8, 4) is 18.1 Å². The molecule has 1 unspecified atom stereocenters. The molecule has 4 nitrogen and oxygen atoms in total. The van der Waals surface area contributed by atoms with E-state index < -0.39 is 34.9 Å². The predicted molar refractivity (Wildman–Crippen MR) is 73.9 cm³/mol. The molecule has 0 fully saturated rings. The molecular formula is C15H17F2NO3. The summed E-state index contributed by atoms with van der Waals surface area (Å²) in [5.41, 5.74) is -1.38. The van der Waals surface area contributed by atoms with Gasteiger partial charge < -0.3 is 15.2 Å². The molecule has 0 aromatic heterocycles. The summed E-state index contributed by atoms with van der Waals surface area (Å²) in [6, 6.07) is 1.09. The first-order chi connectivity index (χ1) is 9.66. The maximum absolute atomic E-state index is 13.7. The number of aliphatic hydroxyl groups is 1. The number of hydrogen-bond acceptors (Lipinski definition) is 3. The van der Waals surface area contributed by atoms with E-state index in [1.165, 1.54) is 13.8 Å². The largest absolute Gasteiger partial charge is 0.475 e. The highest BCUT2D eigenvalue weighted by Gasteiger charge is 2.25. The van der Waals surface area contributed by atoms with Crippen LogP contribution in [0.25, 0.3) is 0 Å². The van der Waals surface area contributed by atoms with E-state index in [-0.39, 0.29) is 12.2 Å². The van der Waals surface area contributed by atoms with Crippen molar-refractivity contribution in [3.63, 3.8) is 0 Å². The van der Waals surface area contributed by atoms with Crippen LogP contribution >= 0.6 is 0 Å². The van der Waals surface area contributed by atoms with Crippen molar-refractivity contribution in [3.05, 3.63) is 29.3 Å². The molecular weight excluding hydrogens is 280 g/mol. The number of carbonyl (C=O) groups excluding carboxylic acids is 1. The molecule has 0 heterocycles. The summed E-state index contributed by atoms with van der Waals surface area (Å²) in [4.78, 5) is 11.9. The van der Waals surface area contributed by atoms with Crippen molar-refractivity contribution in [1.82, 2.24) is 5.32 Å². The molecule has 21 heavy (non-hydrogen) atoms. The minimum Gasteiger partial charge on any atom is -0.475 e. The average molecular weight is 297 g/mol. The first kappa shape index (κ1) is 16.9. The lowest BCUT2D eigenvalue weighted by molar-refractivity contribution is 0.0408. The molecule has 1 rings (SSSR count). The number of ether oxygens (including phenoxy) is 1. The van der Waals surface area contributed by atoms with Crippen LogP contribution in [0.5, 0.6) is 5.75 Å². The van der Waals surface area contributed by atoms with E-state index in [0.29, 0.717) is 0 Å². The van der Waals surface area contributed by atoms with Crippen molar-refractivity contribution in [2.24, 2.45) is 0 Å². The van der Waals surface area contributed by atoms with Gasteiger partial charge in [-0.2, -0.15) is 0 Å². The third kappa shape index (κ3) is 4.43. The van der Waals surface area contributed by atoms with Gasteiger partial charge >= 0.3 is 0 Å². The zero-order valence-electron chi connectivity index (χ0n) is 12.0. The summed E-state index contributed by atoms with van der Waals surface area (Å²) in [6.45, 7) is 4.32. The molecule has 6 heteroatoms. The second kappa shape index (κ2) is 6.55. The quantitative estimate of drug-likeness (QED) is 0.816. The Bertz CT molecular complexity index is 550. The zero-order valence-corrected chi connectivity index (χ0v) is 12.0. The second-order valence-electron chi connectivity index (χ2n) is 5.11. The van der Waals surface area contributed by atoms with Gasteiger partial charge in [-0.05, 0) is 32.9 Å². The molecule has 0 aliphatic carbocycles. The van der Waals surface area contributed by atoms with Crippen LogP contribution in [0.1, 0.15) is 31.1 Å². The number of terminal acetylenes is 1. The topological polar surface area (TPSA) is 58.6 Å². The van der Waals surface area contributed by atoms with Gasteiger partial charge in [0.15, 0.2) is 17.4 Å². The lowest BCUT2D eigenvalue weighted by atomic mass is 10.0. The Kier molecular flexibility index (Phi) is 5.28. The Morgan fingerprint density at radius 3 is 2.43 bits per heavy atom. The SMILES string of the molecule is C#CCOc1c(F)cc(C(=O)NC(C)C(C)(C)O)cc1F. The van der Waals surface area contributed by atoms with E-state index in [9.17, 15) is 18.7 Å². The molecule has 2 N–H and O–H groups in total. The van der Waals surface area contributed by atoms with Crippen LogP contribution in [0, 0.1) is 24.0 Å². The molecule has 0 spiro atoms. The third-order valence-corrected chi connectivity index (χ3v) is 2.97. The van der Waals surface area contributed by atoms with Gasteiger partial charge in [0, 0.05) is 5.56 Å². The van der Waals surface area contributed by atoms with E-state index in [1.54, 1.807) is 6.92 Å². The maximum atomic E-state index is 13.7. The molecule has 0 aliphatic rings. The number of nitrogens with one attached hydrogen (secondary N) is 1. The molecule has 1 amide bonds. The highest BCUT2D eigenvalue weighted by atomic mass is 19.1. The first-order valence-electron chi connectivity index (χ1n) is 6.25. The first-order valence-corrected chi connectivity index (χ1v) is 6.25. The smallest absolute Gasteiger partial charge is 0.251 e. The molecule has 0 bridgehead atoms. The average Bonchev–Trinajstić information content (AvgIpc) is 2.36. The number of carbonyl (C=O) groups is 1. The van der Waals surface area contributed by atoms with Gasteiger partial charge in [-0.1, -0.05) is 5.92 Å². The summed E-state index contributed by atoms with van der Waals surface area (Å²) in [7, 11) is 0. The monoisotopic (exact) mass is 297 g/mol. The van der Waals surface area contributed by atoms with Crippen molar-refractivity contribution in [2.45, 2.75) is 32.4 Å². The Hall–Kier alpha value is -2.13. The fraction of sp³-hybridized carbons (Fsp3) is 0.400. The Labute approximate surface area is 122 Å². The molecule has 0 saturated carbocycles. The van der Waals surface area contributed by atoms with Crippen molar-refractivity contribution in [2.75, 3.05) is 6.61 Å². The van der Waals surface area contributed by atoms with E-state index in [2.05, 4.69) is 11.2 Å². The minimum atomic E-state index is -1.16. The lowest BCUT2D eigenvalue weighted by Crippen LogP contribution is -2.47. The Morgan fingerprint density at radius 2 is 2.00 bits per heavy atom. The summed E-state index contributed by atoms with van der Waals surface area (Å²) in [5, 5.41) is 12.2. The summed E-state index contributed by atoms with van der Waals surface area (Å²) >= 11 is 0. The Balaban J connectivity index is 2.95. The van der Waals surface area contributed by atoms with E-state index in [1.807, 2.05) is 0 Å². The van der Waals surface area contributed by atoms with Gasteiger partial charge in [-0.25, -0.2) is 8.78 Å². The molecule has 1 atom stereocenters. The number of rotatable bonds is 5. The summed E-state index contributed by atoms with van der Waals surface area (Å²) in [6.07, 6.45) is 4.94. The van der Waals surface area contributed by atoms with Crippen molar-refractivity contribution < 1.29 is 23.4 Å². The number of hydrogen-bond donors (Lipinski definition) is 2. The zero-order chi connectivity index (χ0) is 16.2. The molecule has 1 aromatic rings. The Morgan fingerprint density at radius 1 is 1.48 bits per heavy atom. The van der Waals surface area contributed by atoms with E-state index >= 15 is 0 Å². The molecule has 0 aliphatic heterocycles. The second-order valence-corrected chi connectivity index (χ2v) is 5.11. The summed E-state index contributed by atoms with van der Waals surface area (Å²) < 4.78 is 32.1. The van der Waals surface area contributed by atoms with Crippen molar-refractivity contribution in [1.29, 1.82) is 0 Å². The van der Waals surface area contributed by atoms with E-state index in [0.717, 1.165) is 12.1 Å². The fourth-order valence-corrected chi connectivity index (χ4v) is 1.40. The van der Waals surface area contributed by atoms with Crippen LogP contribution in [-0.2, 0) is 0 Å². The van der Waals surface area contributed by atoms with Crippen LogP contribution in [0.3, 0.4) is 0 Å². The fourth-order valence-electron chi connectivity index (χ4n) is 1.40. The van der Waals surface area contributed by atoms with Crippen LogP contribution in [-0.4, -0.2) is 29.3 Å². The molecule has 1 aromatic carbocycles. The van der Waals surface area contributed by atoms with Gasteiger partial charge in [-0.15, -0.1) is 6.42 Å². The van der Waals surface area contributed by atoms with Crippen molar-refractivity contribution >= 4 is 5.91 Å². The maximum Gasteiger partial charge on any atom is 0.251 e. The number of amides is 1. The highest BCUT2D eigenvalue weighted by molar-refractivity contribution is 5.94. The van der Waals surface area contributed by atoms with Crippen LogP contribution in [0.15, 0.2) is 12.1 Å². The van der Waals surface area contributed by atoms with Gasteiger partial charge in [-0.3, -0.25) is 4.79 Å². The highest BCUT2D eigenvalue weighted by Crippen LogP contribution is 2.23. The molecule has 0 radical (unpaired) electrons. The normalized spacial score (nSPS) is 12.4. The predicted octanol–water partition coefficient (Wildman–Crippen LogP) is 1.87. The van der Waals surface area contributed by atoms with Gasteiger partial charge in [0.1, 0.15) is 6.61 Å². The minimum absolute atomic E-state index is 0.214. The van der Waals surface area contributed by atoms with Crippen LogP contribution in [0.4, 0.5) is 8.78 Å². The van der Waals surface area contributed by atoms with Gasteiger partial charge in [0.25, 0.3) is 5.91 Å². The number of halogens is 2. The van der Waals surface area contributed by atoms with Crippen LogP contribution in [0.2, 0.25) is 0 Å². The van der Waals surface area contributed by atoms with E-state index in [4.69, 9.17) is 11.2 Å². The molecule has 0 saturated heterocycles. The standard InChI is InChI=1S/C15H17F2NO3/c1-5-6-21-13-11(16)7-10(8-12(13)17)14(19)18-9(2)15(3,4)20/h1,7-9,20H,6H2,2-4H3,(H,18,19). The lowest BCUT2D eigenvalue weighted by Gasteiger charge is -2.26. The summed E-state index contributed by atoms with van der Waals surface area (Å²) in [5.74, 6) is -1.28. The van der Waals surface area contributed by atoms with Gasteiger partial charge in [0.05, 0.1) is 11.6 Å².